The average Bonchev–Trinajstić information content (AvgIpc) is 2.70. The molecule has 0 radical (unpaired) electrons. The van der Waals surface area contributed by atoms with Crippen LogP contribution in [-0.2, 0) is 4.84 Å². The molecule has 0 heterocycles. The maximum absolute atomic E-state index is 5.80. The Labute approximate surface area is 93.7 Å². The van der Waals surface area contributed by atoms with Gasteiger partial charge in [0.2, 0.25) is 0 Å². The lowest BCUT2D eigenvalue weighted by atomic mass is 9.91. The molecule has 2 fully saturated rings. The van der Waals surface area contributed by atoms with E-state index in [1.165, 1.54) is 38.5 Å². The van der Waals surface area contributed by atoms with E-state index in [9.17, 15) is 0 Å². The van der Waals surface area contributed by atoms with Gasteiger partial charge in [0, 0.05) is 6.04 Å². The summed E-state index contributed by atoms with van der Waals surface area (Å²) in [5.41, 5.74) is 3.83. The number of nitrogens with one attached hydrogen (secondary N) is 1. The standard InChI is InChI=1S/C13H25NO/c1-10-8-13(2,3)9-12(10)14-15-11-6-4-5-7-11/h10-12,14H,4-9H2,1-3H3. The fraction of sp³-hybridized carbons (Fsp3) is 1.00. The molecule has 0 saturated heterocycles. The van der Waals surface area contributed by atoms with Crippen LogP contribution < -0.4 is 5.48 Å². The van der Waals surface area contributed by atoms with Gasteiger partial charge in [0.25, 0.3) is 0 Å². The normalized spacial score (nSPS) is 36.2. The maximum Gasteiger partial charge on any atom is 0.0790 e. The van der Waals surface area contributed by atoms with E-state index < -0.39 is 0 Å². The van der Waals surface area contributed by atoms with Gasteiger partial charge in [-0.25, -0.2) is 0 Å². The minimum Gasteiger partial charge on any atom is -0.298 e. The summed E-state index contributed by atoms with van der Waals surface area (Å²) in [5.74, 6) is 0.751. The monoisotopic (exact) mass is 211 g/mol. The Kier molecular flexibility index (Phi) is 3.36. The second kappa shape index (κ2) is 4.42. The van der Waals surface area contributed by atoms with Crippen molar-refractivity contribution in [2.45, 2.75) is 71.4 Å². The van der Waals surface area contributed by atoms with Gasteiger partial charge in [0.05, 0.1) is 6.10 Å². The molecule has 2 aliphatic carbocycles. The molecule has 0 aliphatic heterocycles. The summed E-state index contributed by atoms with van der Waals surface area (Å²) in [7, 11) is 0. The van der Waals surface area contributed by atoms with Crippen LogP contribution in [0.1, 0.15) is 59.3 Å². The van der Waals surface area contributed by atoms with Crippen molar-refractivity contribution < 1.29 is 4.84 Å². The van der Waals surface area contributed by atoms with Crippen molar-refractivity contribution in [2.24, 2.45) is 11.3 Å². The van der Waals surface area contributed by atoms with Gasteiger partial charge in [-0.1, -0.05) is 33.6 Å². The van der Waals surface area contributed by atoms with Crippen molar-refractivity contribution in [3.8, 4) is 0 Å². The molecule has 2 rings (SSSR count). The molecular formula is C13H25NO. The topological polar surface area (TPSA) is 21.3 Å². The first-order valence-corrected chi connectivity index (χ1v) is 6.48. The summed E-state index contributed by atoms with van der Waals surface area (Å²) in [6.45, 7) is 7.06. The second-order valence-electron chi connectivity index (χ2n) is 6.30. The third-order valence-corrected chi connectivity index (χ3v) is 4.02. The number of hydrogen-bond acceptors (Lipinski definition) is 2. The highest BCUT2D eigenvalue weighted by molar-refractivity contribution is 4.89. The maximum atomic E-state index is 5.80. The lowest BCUT2D eigenvalue weighted by Crippen LogP contribution is -2.34. The summed E-state index contributed by atoms with van der Waals surface area (Å²) in [5, 5.41) is 0. The largest absolute Gasteiger partial charge is 0.298 e. The Morgan fingerprint density at radius 3 is 2.33 bits per heavy atom. The zero-order chi connectivity index (χ0) is 10.9. The van der Waals surface area contributed by atoms with Crippen molar-refractivity contribution in [2.75, 3.05) is 0 Å². The third-order valence-electron chi connectivity index (χ3n) is 4.02. The number of hydrogen-bond donors (Lipinski definition) is 1. The zero-order valence-electron chi connectivity index (χ0n) is 10.4. The molecule has 0 bridgehead atoms. The van der Waals surface area contributed by atoms with Crippen molar-refractivity contribution >= 4 is 0 Å². The predicted molar refractivity (Wildman–Crippen MR) is 62.4 cm³/mol. The molecule has 2 nitrogen and oxygen atoms in total. The molecule has 2 aliphatic rings. The van der Waals surface area contributed by atoms with Crippen LogP contribution in [0.25, 0.3) is 0 Å². The molecule has 0 aromatic heterocycles. The Morgan fingerprint density at radius 1 is 1.13 bits per heavy atom. The van der Waals surface area contributed by atoms with E-state index in [4.69, 9.17) is 4.84 Å². The summed E-state index contributed by atoms with van der Waals surface area (Å²) in [4.78, 5) is 5.80. The van der Waals surface area contributed by atoms with E-state index >= 15 is 0 Å². The molecule has 88 valence electrons. The molecule has 2 heteroatoms. The SMILES string of the molecule is CC1CC(C)(C)CC1NOC1CCCC1. The van der Waals surface area contributed by atoms with E-state index in [1.807, 2.05) is 0 Å². The molecule has 0 aromatic carbocycles. The Morgan fingerprint density at radius 2 is 1.80 bits per heavy atom. The Balaban J connectivity index is 1.75. The van der Waals surface area contributed by atoms with Crippen molar-refractivity contribution in [1.29, 1.82) is 0 Å². The van der Waals surface area contributed by atoms with Gasteiger partial charge in [-0.15, -0.1) is 0 Å². The van der Waals surface area contributed by atoms with Crippen LogP contribution in [0.5, 0.6) is 0 Å². The smallest absolute Gasteiger partial charge is 0.0790 e. The number of rotatable bonds is 3. The van der Waals surface area contributed by atoms with E-state index in [1.54, 1.807) is 0 Å². The predicted octanol–water partition coefficient (Wildman–Crippen LogP) is 3.27. The molecule has 1 N–H and O–H groups in total. The van der Waals surface area contributed by atoms with Gasteiger partial charge in [-0.3, -0.25) is 4.84 Å². The Bertz CT molecular complexity index is 209. The first-order chi connectivity index (χ1) is 7.07. The van der Waals surface area contributed by atoms with E-state index in [0.29, 0.717) is 17.6 Å². The molecule has 2 saturated carbocycles. The van der Waals surface area contributed by atoms with Gasteiger partial charge in [-0.2, -0.15) is 5.48 Å². The van der Waals surface area contributed by atoms with Crippen LogP contribution in [0, 0.1) is 11.3 Å². The Hall–Kier alpha value is -0.0800. The van der Waals surface area contributed by atoms with Crippen molar-refractivity contribution in [1.82, 2.24) is 5.48 Å². The fourth-order valence-corrected chi connectivity index (χ4v) is 3.24. The quantitative estimate of drug-likeness (QED) is 0.723. The molecule has 2 atom stereocenters. The summed E-state index contributed by atoms with van der Waals surface area (Å²) < 4.78 is 0. The van der Waals surface area contributed by atoms with Crippen LogP contribution in [0.2, 0.25) is 0 Å². The molecular weight excluding hydrogens is 186 g/mol. The van der Waals surface area contributed by atoms with Crippen LogP contribution in [-0.4, -0.2) is 12.1 Å². The van der Waals surface area contributed by atoms with E-state index in [-0.39, 0.29) is 0 Å². The first kappa shape index (κ1) is 11.4. The average molecular weight is 211 g/mol. The summed E-state index contributed by atoms with van der Waals surface area (Å²) >= 11 is 0. The lowest BCUT2D eigenvalue weighted by molar-refractivity contribution is -0.0462. The second-order valence-corrected chi connectivity index (χ2v) is 6.30. The molecule has 15 heavy (non-hydrogen) atoms. The fourth-order valence-electron chi connectivity index (χ4n) is 3.24. The van der Waals surface area contributed by atoms with Crippen LogP contribution in [0.15, 0.2) is 0 Å². The highest BCUT2D eigenvalue weighted by Crippen LogP contribution is 2.41. The molecule has 2 unspecified atom stereocenters. The summed E-state index contributed by atoms with van der Waals surface area (Å²) in [6.07, 6.45) is 8.24. The van der Waals surface area contributed by atoms with Gasteiger partial charge in [-0.05, 0) is 37.0 Å². The van der Waals surface area contributed by atoms with Gasteiger partial charge >= 0.3 is 0 Å². The highest BCUT2D eigenvalue weighted by atomic mass is 16.7. The van der Waals surface area contributed by atoms with Crippen LogP contribution in [0.3, 0.4) is 0 Å². The van der Waals surface area contributed by atoms with Gasteiger partial charge < -0.3 is 0 Å². The van der Waals surface area contributed by atoms with Crippen LogP contribution >= 0.6 is 0 Å². The van der Waals surface area contributed by atoms with Crippen molar-refractivity contribution in [3.05, 3.63) is 0 Å². The third kappa shape index (κ3) is 2.94. The van der Waals surface area contributed by atoms with Gasteiger partial charge in [0.15, 0.2) is 0 Å². The van der Waals surface area contributed by atoms with E-state index in [0.717, 1.165) is 5.92 Å². The van der Waals surface area contributed by atoms with Gasteiger partial charge in [0.1, 0.15) is 0 Å². The zero-order valence-corrected chi connectivity index (χ0v) is 10.4. The summed E-state index contributed by atoms with van der Waals surface area (Å²) in [6, 6.07) is 0.570. The minimum absolute atomic E-state index is 0.487. The minimum atomic E-state index is 0.487. The lowest BCUT2D eigenvalue weighted by Gasteiger charge is -2.20. The molecule has 0 spiro atoms. The van der Waals surface area contributed by atoms with E-state index in [2.05, 4.69) is 26.3 Å². The van der Waals surface area contributed by atoms with Crippen molar-refractivity contribution in [3.63, 3.8) is 0 Å². The number of hydroxylamine groups is 1. The molecule has 0 aromatic rings. The van der Waals surface area contributed by atoms with Crippen LogP contribution in [0.4, 0.5) is 0 Å². The molecule has 0 amide bonds. The highest BCUT2D eigenvalue weighted by Gasteiger charge is 2.37. The first-order valence-electron chi connectivity index (χ1n) is 6.48.